The SMILES string of the molecule is C[C@H]1CN(c2ccc(O)c(C(=O)O)c2)C(=S)NC1=O. The molecule has 1 amide bonds. The van der Waals surface area contributed by atoms with Crippen molar-refractivity contribution in [1.82, 2.24) is 5.32 Å². The van der Waals surface area contributed by atoms with Gasteiger partial charge in [-0.05, 0) is 30.4 Å². The largest absolute Gasteiger partial charge is 0.507 e. The number of aromatic carboxylic acids is 1. The highest BCUT2D eigenvalue weighted by molar-refractivity contribution is 7.80. The van der Waals surface area contributed by atoms with Crippen molar-refractivity contribution in [2.24, 2.45) is 5.92 Å². The molecule has 1 aliphatic heterocycles. The summed E-state index contributed by atoms with van der Waals surface area (Å²) in [6, 6.07) is 4.18. The lowest BCUT2D eigenvalue weighted by Crippen LogP contribution is -2.53. The molecule has 1 aromatic carbocycles. The summed E-state index contributed by atoms with van der Waals surface area (Å²) in [4.78, 5) is 24.1. The minimum Gasteiger partial charge on any atom is -0.507 e. The lowest BCUT2D eigenvalue weighted by molar-refractivity contribution is -0.123. The average molecular weight is 280 g/mol. The Hall–Kier alpha value is -2.15. The number of amides is 1. The van der Waals surface area contributed by atoms with E-state index < -0.39 is 5.97 Å². The summed E-state index contributed by atoms with van der Waals surface area (Å²) >= 11 is 5.07. The van der Waals surface area contributed by atoms with Crippen molar-refractivity contribution in [1.29, 1.82) is 0 Å². The van der Waals surface area contributed by atoms with Crippen molar-refractivity contribution in [3.63, 3.8) is 0 Å². The fraction of sp³-hybridized carbons (Fsp3) is 0.250. The second kappa shape index (κ2) is 4.85. The lowest BCUT2D eigenvalue weighted by Gasteiger charge is -2.33. The molecule has 2 rings (SSSR count). The smallest absolute Gasteiger partial charge is 0.339 e. The summed E-state index contributed by atoms with van der Waals surface area (Å²) in [7, 11) is 0. The second-order valence-corrected chi connectivity index (χ2v) is 4.70. The minimum absolute atomic E-state index is 0.154. The number of nitrogens with one attached hydrogen (secondary N) is 1. The molecule has 0 aliphatic carbocycles. The molecular weight excluding hydrogens is 268 g/mol. The van der Waals surface area contributed by atoms with E-state index in [4.69, 9.17) is 17.3 Å². The zero-order valence-corrected chi connectivity index (χ0v) is 10.9. The molecule has 0 saturated carbocycles. The first-order valence-electron chi connectivity index (χ1n) is 5.59. The molecule has 1 saturated heterocycles. The van der Waals surface area contributed by atoms with Crippen LogP contribution in [0.5, 0.6) is 5.75 Å². The molecule has 1 aliphatic rings. The van der Waals surface area contributed by atoms with Crippen molar-refractivity contribution >= 4 is 34.9 Å². The van der Waals surface area contributed by atoms with Crippen molar-refractivity contribution < 1.29 is 19.8 Å². The molecule has 6 nitrogen and oxygen atoms in total. The maximum absolute atomic E-state index is 11.5. The highest BCUT2D eigenvalue weighted by atomic mass is 32.1. The zero-order chi connectivity index (χ0) is 14.2. The number of benzene rings is 1. The minimum atomic E-state index is -1.22. The molecule has 0 aromatic heterocycles. The third-order valence-electron chi connectivity index (χ3n) is 2.90. The molecule has 1 atom stereocenters. The van der Waals surface area contributed by atoms with Crippen LogP contribution in [-0.2, 0) is 4.79 Å². The van der Waals surface area contributed by atoms with E-state index in [1.165, 1.54) is 12.1 Å². The molecular formula is C12H12N2O4S. The van der Waals surface area contributed by atoms with Gasteiger partial charge in [0.1, 0.15) is 11.3 Å². The van der Waals surface area contributed by atoms with Gasteiger partial charge >= 0.3 is 5.97 Å². The summed E-state index contributed by atoms with van der Waals surface area (Å²) in [6.07, 6.45) is 0. The van der Waals surface area contributed by atoms with Gasteiger partial charge in [0, 0.05) is 12.2 Å². The van der Waals surface area contributed by atoms with Crippen molar-refractivity contribution in [2.45, 2.75) is 6.92 Å². The zero-order valence-electron chi connectivity index (χ0n) is 10.1. The number of thiocarbonyl (C=S) groups is 1. The summed E-state index contributed by atoms with van der Waals surface area (Å²) in [5.41, 5.74) is 0.317. The normalized spacial score (nSPS) is 19.2. The van der Waals surface area contributed by atoms with Gasteiger partial charge in [0.15, 0.2) is 5.11 Å². The number of aromatic hydroxyl groups is 1. The molecule has 19 heavy (non-hydrogen) atoms. The number of phenols is 1. The Kier molecular flexibility index (Phi) is 3.39. The van der Waals surface area contributed by atoms with E-state index in [1.807, 2.05) is 0 Å². The molecule has 0 unspecified atom stereocenters. The van der Waals surface area contributed by atoms with Gasteiger partial charge < -0.3 is 20.4 Å². The highest BCUT2D eigenvalue weighted by Crippen LogP contribution is 2.26. The van der Waals surface area contributed by atoms with Crippen LogP contribution < -0.4 is 10.2 Å². The van der Waals surface area contributed by atoms with Crippen LogP contribution in [0.3, 0.4) is 0 Å². The van der Waals surface area contributed by atoms with E-state index in [1.54, 1.807) is 17.9 Å². The van der Waals surface area contributed by atoms with Crippen LogP contribution in [-0.4, -0.2) is 33.7 Å². The molecule has 1 heterocycles. The van der Waals surface area contributed by atoms with Crippen molar-refractivity contribution in [2.75, 3.05) is 11.4 Å². The predicted octanol–water partition coefficient (Wildman–Crippen LogP) is 0.948. The average Bonchev–Trinajstić information content (AvgIpc) is 2.34. The number of carboxylic acid groups (broad SMARTS) is 1. The maximum Gasteiger partial charge on any atom is 0.339 e. The van der Waals surface area contributed by atoms with Crippen LogP contribution in [0.4, 0.5) is 5.69 Å². The molecule has 100 valence electrons. The summed E-state index contributed by atoms with van der Waals surface area (Å²) < 4.78 is 0. The Balaban J connectivity index is 2.36. The summed E-state index contributed by atoms with van der Waals surface area (Å²) in [5, 5.41) is 21.2. The van der Waals surface area contributed by atoms with Crippen LogP contribution in [0.1, 0.15) is 17.3 Å². The van der Waals surface area contributed by atoms with E-state index in [0.717, 1.165) is 0 Å². The Morgan fingerprint density at radius 1 is 1.53 bits per heavy atom. The summed E-state index contributed by atoms with van der Waals surface area (Å²) in [6.45, 7) is 2.12. The standard InChI is InChI=1S/C12H12N2O4S/c1-6-5-14(12(19)13-10(6)16)7-2-3-9(15)8(4-7)11(17)18/h2-4,6,15H,5H2,1H3,(H,17,18)(H,13,16,19)/t6-/m0/s1. The topological polar surface area (TPSA) is 89.9 Å². The number of carbonyl (C=O) groups excluding carboxylic acids is 1. The Morgan fingerprint density at radius 3 is 2.84 bits per heavy atom. The van der Waals surface area contributed by atoms with Crippen LogP contribution in [0, 0.1) is 5.92 Å². The second-order valence-electron chi connectivity index (χ2n) is 4.31. The molecule has 0 radical (unpaired) electrons. The predicted molar refractivity (Wildman–Crippen MR) is 72.3 cm³/mol. The van der Waals surface area contributed by atoms with Crippen molar-refractivity contribution in [3.05, 3.63) is 23.8 Å². The van der Waals surface area contributed by atoms with Gasteiger partial charge in [-0.25, -0.2) is 4.79 Å². The fourth-order valence-corrected chi connectivity index (χ4v) is 2.10. The first-order chi connectivity index (χ1) is 8.90. The summed E-state index contributed by atoms with van der Waals surface area (Å²) in [5.74, 6) is -1.94. The number of carboxylic acids is 1. The third-order valence-corrected chi connectivity index (χ3v) is 3.22. The van der Waals surface area contributed by atoms with Gasteiger partial charge in [-0.3, -0.25) is 4.79 Å². The number of rotatable bonds is 2. The Morgan fingerprint density at radius 2 is 2.21 bits per heavy atom. The van der Waals surface area contributed by atoms with Gasteiger partial charge in [0.05, 0.1) is 5.92 Å². The number of hydrogen-bond donors (Lipinski definition) is 3. The first kappa shape index (κ1) is 13.3. The van der Waals surface area contributed by atoms with Gasteiger partial charge in [0.25, 0.3) is 0 Å². The van der Waals surface area contributed by atoms with Crippen LogP contribution in [0.2, 0.25) is 0 Å². The van der Waals surface area contributed by atoms with Gasteiger partial charge in [-0.2, -0.15) is 0 Å². The van der Waals surface area contributed by atoms with E-state index in [2.05, 4.69) is 5.32 Å². The monoisotopic (exact) mass is 280 g/mol. The first-order valence-corrected chi connectivity index (χ1v) is 5.99. The van der Waals surface area contributed by atoms with Crippen LogP contribution in [0.25, 0.3) is 0 Å². The quantitative estimate of drug-likeness (QED) is 0.699. The molecule has 0 spiro atoms. The molecule has 1 fully saturated rings. The van der Waals surface area contributed by atoms with Crippen LogP contribution in [0.15, 0.2) is 18.2 Å². The van der Waals surface area contributed by atoms with E-state index in [0.29, 0.717) is 12.2 Å². The molecule has 7 heteroatoms. The number of nitrogens with zero attached hydrogens (tertiary/aromatic N) is 1. The Bertz CT molecular complexity index is 573. The van der Waals surface area contributed by atoms with E-state index in [9.17, 15) is 14.7 Å². The third kappa shape index (κ3) is 2.50. The number of carbonyl (C=O) groups is 2. The van der Waals surface area contributed by atoms with E-state index >= 15 is 0 Å². The maximum atomic E-state index is 11.5. The number of anilines is 1. The molecule has 0 bridgehead atoms. The van der Waals surface area contributed by atoms with E-state index in [-0.39, 0.29) is 28.3 Å². The lowest BCUT2D eigenvalue weighted by atomic mass is 10.1. The number of hydrogen-bond acceptors (Lipinski definition) is 4. The molecule has 1 aromatic rings. The Labute approximate surface area is 114 Å². The molecule has 3 N–H and O–H groups in total. The van der Waals surface area contributed by atoms with Gasteiger partial charge in [-0.1, -0.05) is 6.92 Å². The van der Waals surface area contributed by atoms with Crippen LogP contribution >= 0.6 is 12.2 Å². The highest BCUT2D eigenvalue weighted by Gasteiger charge is 2.28. The van der Waals surface area contributed by atoms with Gasteiger partial charge in [-0.15, -0.1) is 0 Å². The fourth-order valence-electron chi connectivity index (χ4n) is 1.82. The van der Waals surface area contributed by atoms with Crippen molar-refractivity contribution in [3.8, 4) is 5.75 Å². The van der Waals surface area contributed by atoms with Gasteiger partial charge in [0.2, 0.25) is 5.91 Å².